The van der Waals surface area contributed by atoms with E-state index in [0.717, 1.165) is 24.1 Å². The molecule has 0 bridgehead atoms. The molecule has 1 heterocycles. The van der Waals surface area contributed by atoms with Gasteiger partial charge in [-0.1, -0.05) is 18.2 Å². The number of sulfonamides is 1. The largest absolute Gasteiger partial charge is 0.444 e. The molecule has 0 saturated heterocycles. The van der Waals surface area contributed by atoms with E-state index in [1.165, 1.54) is 0 Å². The van der Waals surface area contributed by atoms with Gasteiger partial charge in [0.1, 0.15) is 6.26 Å². The first-order chi connectivity index (χ1) is 11.0. The van der Waals surface area contributed by atoms with Crippen LogP contribution < -0.4 is 10.0 Å². The number of rotatable bonds is 8. The quantitative estimate of drug-likeness (QED) is 0.770. The maximum Gasteiger partial charge on any atom is 0.226 e. The summed E-state index contributed by atoms with van der Waals surface area (Å²) in [5.41, 5.74) is 1.73. The molecule has 6 nitrogen and oxygen atoms in total. The fourth-order valence-electron chi connectivity index (χ4n) is 2.19. The van der Waals surface area contributed by atoms with Crippen molar-refractivity contribution in [2.75, 3.05) is 6.54 Å². The average molecular weight is 335 g/mol. The maximum atomic E-state index is 11.8. The Kier molecular flexibility index (Phi) is 4.79. The minimum absolute atomic E-state index is 0.0143. The molecule has 124 valence electrons. The average Bonchev–Trinajstić information content (AvgIpc) is 3.32. The molecule has 1 aromatic carbocycles. The summed E-state index contributed by atoms with van der Waals surface area (Å²) in [6.07, 6.45) is 3.17. The van der Waals surface area contributed by atoms with Crippen molar-refractivity contribution in [3.05, 3.63) is 42.3 Å². The summed E-state index contributed by atoms with van der Waals surface area (Å²) in [5.74, 6) is 0.587. The molecule has 0 aliphatic heterocycles. The zero-order valence-electron chi connectivity index (χ0n) is 13.0. The van der Waals surface area contributed by atoms with Crippen LogP contribution in [-0.4, -0.2) is 31.2 Å². The van der Waals surface area contributed by atoms with Crippen molar-refractivity contribution < 1.29 is 12.8 Å². The number of oxazole rings is 1. The van der Waals surface area contributed by atoms with Gasteiger partial charge in [-0.05, 0) is 31.9 Å². The molecule has 1 fully saturated rings. The van der Waals surface area contributed by atoms with E-state index in [9.17, 15) is 8.42 Å². The van der Waals surface area contributed by atoms with Gasteiger partial charge in [0.25, 0.3) is 0 Å². The number of nitrogens with zero attached hydrogens (tertiary/aromatic N) is 1. The van der Waals surface area contributed by atoms with Crippen LogP contribution in [0.1, 0.15) is 25.5 Å². The van der Waals surface area contributed by atoms with Crippen LogP contribution in [0.25, 0.3) is 11.5 Å². The van der Waals surface area contributed by atoms with Gasteiger partial charge in [-0.25, -0.2) is 18.1 Å². The van der Waals surface area contributed by atoms with Crippen LogP contribution in [0.2, 0.25) is 0 Å². The molecule has 1 saturated carbocycles. The van der Waals surface area contributed by atoms with E-state index in [2.05, 4.69) is 15.0 Å². The number of hydrogen-bond donors (Lipinski definition) is 2. The summed E-state index contributed by atoms with van der Waals surface area (Å²) >= 11 is 0. The molecule has 1 atom stereocenters. The molecular weight excluding hydrogens is 314 g/mol. The van der Waals surface area contributed by atoms with Gasteiger partial charge in [0.2, 0.25) is 15.9 Å². The lowest BCUT2D eigenvalue weighted by atomic mass is 10.2. The van der Waals surface area contributed by atoms with Crippen molar-refractivity contribution in [2.45, 2.75) is 37.6 Å². The molecule has 0 radical (unpaired) electrons. The highest BCUT2D eigenvalue weighted by Gasteiger charge is 2.35. The summed E-state index contributed by atoms with van der Waals surface area (Å²) in [4.78, 5) is 4.43. The van der Waals surface area contributed by atoms with Gasteiger partial charge in [-0.15, -0.1) is 0 Å². The third-order valence-corrected chi connectivity index (χ3v) is 5.68. The second-order valence-electron chi connectivity index (χ2n) is 5.88. The van der Waals surface area contributed by atoms with Crippen LogP contribution in [0.4, 0.5) is 0 Å². The predicted molar refractivity (Wildman–Crippen MR) is 88.2 cm³/mol. The van der Waals surface area contributed by atoms with Crippen molar-refractivity contribution in [1.82, 2.24) is 15.0 Å². The minimum atomic E-state index is -3.12. The van der Waals surface area contributed by atoms with Crippen molar-refractivity contribution in [3.63, 3.8) is 0 Å². The minimum Gasteiger partial charge on any atom is -0.444 e. The number of hydrogen-bond acceptors (Lipinski definition) is 5. The molecule has 1 aliphatic carbocycles. The van der Waals surface area contributed by atoms with Crippen LogP contribution in [-0.2, 0) is 16.6 Å². The van der Waals surface area contributed by atoms with E-state index in [1.54, 1.807) is 6.26 Å². The third-order valence-electron chi connectivity index (χ3n) is 3.76. The first-order valence-corrected chi connectivity index (χ1v) is 9.31. The number of nitrogens with one attached hydrogen (secondary N) is 2. The fourth-order valence-corrected chi connectivity index (χ4v) is 3.66. The van der Waals surface area contributed by atoms with Gasteiger partial charge in [0.15, 0.2) is 0 Å². The smallest absolute Gasteiger partial charge is 0.226 e. The lowest BCUT2D eigenvalue weighted by Crippen LogP contribution is -2.39. The summed E-state index contributed by atoms with van der Waals surface area (Å²) in [5, 5.41) is 3.06. The van der Waals surface area contributed by atoms with Gasteiger partial charge >= 0.3 is 0 Å². The monoisotopic (exact) mass is 335 g/mol. The first-order valence-electron chi connectivity index (χ1n) is 7.76. The van der Waals surface area contributed by atoms with E-state index in [-0.39, 0.29) is 11.3 Å². The lowest BCUT2D eigenvalue weighted by molar-refractivity contribution is 0.518. The first kappa shape index (κ1) is 16.2. The molecule has 0 amide bonds. The molecule has 0 spiro atoms. The van der Waals surface area contributed by atoms with Crippen LogP contribution in [0, 0.1) is 0 Å². The van der Waals surface area contributed by atoms with Crippen LogP contribution >= 0.6 is 0 Å². The Morgan fingerprint density at radius 1 is 1.30 bits per heavy atom. The second kappa shape index (κ2) is 6.82. The summed E-state index contributed by atoms with van der Waals surface area (Å²) < 4.78 is 31.7. The summed E-state index contributed by atoms with van der Waals surface area (Å²) in [6, 6.07) is 9.72. The number of aromatic nitrogens is 1. The van der Waals surface area contributed by atoms with E-state index in [0.29, 0.717) is 19.0 Å². The summed E-state index contributed by atoms with van der Waals surface area (Å²) in [6.45, 7) is 2.85. The standard InChI is InChI=1S/C16H21N3O3S/c1-12(9-18-23(20,21)15-7-8-15)17-10-14-11-22-16(19-14)13-5-3-2-4-6-13/h2-6,11-12,15,17-18H,7-10H2,1H3. The molecule has 1 unspecified atom stereocenters. The predicted octanol–water partition coefficient (Wildman–Crippen LogP) is 1.90. The van der Waals surface area contributed by atoms with E-state index >= 15 is 0 Å². The van der Waals surface area contributed by atoms with Crippen molar-refractivity contribution >= 4 is 10.0 Å². The molecule has 7 heteroatoms. The van der Waals surface area contributed by atoms with E-state index in [1.807, 2.05) is 37.3 Å². The van der Waals surface area contributed by atoms with Crippen LogP contribution in [0.15, 0.2) is 41.0 Å². The lowest BCUT2D eigenvalue weighted by Gasteiger charge is -2.13. The fraction of sp³-hybridized carbons (Fsp3) is 0.438. The Bertz CT molecular complexity index is 739. The van der Waals surface area contributed by atoms with E-state index < -0.39 is 10.0 Å². The maximum absolute atomic E-state index is 11.8. The van der Waals surface area contributed by atoms with Crippen LogP contribution in [0.3, 0.4) is 0 Å². The molecule has 23 heavy (non-hydrogen) atoms. The summed E-state index contributed by atoms with van der Waals surface area (Å²) in [7, 11) is -3.12. The highest BCUT2D eigenvalue weighted by molar-refractivity contribution is 7.90. The normalized spacial score (nSPS) is 16.4. The van der Waals surface area contributed by atoms with E-state index in [4.69, 9.17) is 4.42 Å². The Morgan fingerprint density at radius 2 is 2.04 bits per heavy atom. The van der Waals surface area contributed by atoms with Gasteiger partial charge in [-0.2, -0.15) is 0 Å². The Morgan fingerprint density at radius 3 is 2.74 bits per heavy atom. The van der Waals surface area contributed by atoms with Crippen LogP contribution in [0.5, 0.6) is 0 Å². The zero-order chi connectivity index (χ0) is 16.3. The van der Waals surface area contributed by atoms with Gasteiger partial charge < -0.3 is 9.73 Å². The molecule has 1 aromatic heterocycles. The number of benzene rings is 1. The molecule has 1 aliphatic rings. The van der Waals surface area contributed by atoms with Gasteiger partial charge in [0.05, 0.1) is 10.9 Å². The van der Waals surface area contributed by atoms with Crippen molar-refractivity contribution in [1.29, 1.82) is 0 Å². The highest BCUT2D eigenvalue weighted by atomic mass is 32.2. The third kappa shape index (κ3) is 4.40. The topological polar surface area (TPSA) is 84.2 Å². The van der Waals surface area contributed by atoms with Gasteiger partial charge in [-0.3, -0.25) is 0 Å². The Hall–Kier alpha value is -1.70. The van der Waals surface area contributed by atoms with Gasteiger partial charge in [0, 0.05) is 24.7 Å². The molecular formula is C16H21N3O3S. The SMILES string of the molecule is CC(CNS(=O)(=O)C1CC1)NCc1coc(-c2ccccc2)n1. The second-order valence-corrected chi connectivity index (χ2v) is 7.93. The Labute approximate surface area is 136 Å². The van der Waals surface area contributed by atoms with Crippen molar-refractivity contribution in [2.24, 2.45) is 0 Å². The molecule has 2 aromatic rings. The zero-order valence-corrected chi connectivity index (χ0v) is 13.8. The highest BCUT2D eigenvalue weighted by Crippen LogP contribution is 2.27. The Balaban J connectivity index is 1.47. The molecule has 2 N–H and O–H groups in total. The van der Waals surface area contributed by atoms with Crippen molar-refractivity contribution in [3.8, 4) is 11.5 Å². The molecule has 3 rings (SSSR count).